The molecule has 176 valence electrons. The van der Waals surface area contributed by atoms with E-state index in [1.54, 1.807) is 50.2 Å². The van der Waals surface area contributed by atoms with Gasteiger partial charge in [0.05, 0.1) is 5.92 Å². The molecule has 3 aromatic carbocycles. The van der Waals surface area contributed by atoms with Crippen LogP contribution in [0.1, 0.15) is 37.0 Å². The van der Waals surface area contributed by atoms with Crippen molar-refractivity contribution in [1.29, 1.82) is 5.26 Å². The van der Waals surface area contributed by atoms with Gasteiger partial charge in [-0.15, -0.1) is 0 Å². The van der Waals surface area contributed by atoms with Gasteiger partial charge >= 0.3 is 12.6 Å². The predicted molar refractivity (Wildman–Crippen MR) is 118 cm³/mol. The first-order chi connectivity index (χ1) is 16.3. The number of rotatable bonds is 9. The third kappa shape index (κ3) is 6.29. The molecule has 5 nitrogen and oxygen atoms in total. The molecule has 0 amide bonds. The molecule has 2 atom stereocenters. The first-order valence-electron chi connectivity index (χ1n) is 10.5. The van der Waals surface area contributed by atoms with Crippen LogP contribution in [0.15, 0.2) is 72.8 Å². The van der Waals surface area contributed by atoms with E-state index < -0.39 is 36.2 Å². The molecule has 0 saturated carbocycles. The molecule has 2 unspecified atom stereocenters. The third-order valence-corrected chi connectivity index (χ3v) is 4.94. The fraction of sp³-hybridized carbons (Fsp3) is 0.231. The standard InChI is InChI=1S/C26H22F3NO4/c1-16(2)24(18-11-12-22(21(27)14-18)34-26(28)29)25(31)33-23(15-30)17-7-6-10-20(13-17)32-19-8-4-3-5-9-19/h3-14,16,23-24,26H,1-2H3. The van der Waals surface area contributed by atoms with Gasteiger partial charge in [-0.05, 0) is 47.9 Å². The summed E-state index contributed by atoms with van der Waals surface area (Å²) in [7, 11) is 0. The lowest BCUT2D eigenvalue weighted by Gasteiger charge is -2.22. The Morgan fingerprint density at radius 3 is 2.24 bits per heavy atom. The van der Waals surface area contributed by atoms with Gasteiger partial charge < -0.3 is 14.2 Å². The largest absolute Gasteiger partial charge is 0.457 e. The number of benzene rings is 3. The minimum absolute atomic E-state index is 0.219. The number of carbonyl (C=O) groups excluding carboxylic acids is 1. The minimum Gasteiger partial charge on any atom is -0.457 e. The van der Waals surface area contributed by atoms with Crippen molar-refractivity contribution in [1.82, 2.24) is 0 Å². The van der Waals surface area contributed by atoms with Gasteiger partial charge in [-0.3, -0.25) is 4.79 Å². The summed E-state index contributed by atoms with van der Waals surface area (Å²) in [5.74, 6) is -2.62. The molecular formula is C26H22F3NO4. The van der Waals surface area contributed by atoms with E-state index in [9.17, 15) is 23.2 Å². The molecule has 34 heavy (non-hydrogen) atoms. The number of hydrogen-bond donors (Lipinski definition) is 0. The number of para-hydroxylation sites is 1. The number of nitrogens with zero attached hydrogens (tertiary/aromatic N) is 1. The van der Waals surface area contributed by atoms with Gasteiger partial charge in [-0.25, -0.2) is 4.39 Å². The SMILES string of the molecule is CC(C)C(C(=O)OC(C#N)c1cccc(Oc2ccccc2)c1)c1ccc(OC(F)F)c(F)c1. The molecule has 3 aromatic rings. The van der Waals surface area contributed by atoms with Gasteiger partial charge in [0.25, 0.3) is 0 Å². The molecule has 0 heterocycles. The molecule has 0 aliphatic heterocycles. The Labute approximate surface area is 195 Å². The Hall–Kier alpha value is -3.99. The Kier molecular flexibility index (Phi) is 8.14. The van der Waals surface area contributed by atoms with E-state index in [0.29, 0.717) is 17.1 Å². The maximum absolute atomic E-state index is 14.2. The van der Waals surface area contributed by atoms with E-state index in [1.807, 2.05) is 24.3 Å². The highest BCUT2D eigenvalue weighted by Crippen LogP contribution is 2.32. The van der Waals surface area contributed by atoms with E-state index in [4.69, 9.17) is 9.47 Å². The van der Waals surface area contributed by atoms with E-state index in [1.165, 1.54) is 6.07 Å². The zero-order valence-electron chi connectivity index (χ0n) is 18.5. The molecular weight excluding hydrogens is 447 g/mol. The second-order valence-electron chi connectivity index (χ2n) is 7.72. The van der Waals surface area contributed by atoms with Gasteiger partial charge in [-0.1, -0.05) is 50.2 Å². The zero-order valence-corrected chi connectivity index (χ0v) is 18.5. The number of carbonyl (C=O) groups is 1. The van der Waals surface area contributed by atoms with Crippen molar-refractivity contribution in [3.05, 3.63) is 89.7 Å². The van der Waals surface area contributed by atoms with Crippen LogP contribution < -0.4 is 9.47 Å². The van der Waals surface area contributed by atoms with Crippen LogP contribution in [0, 0.1) is 23.1 Å². The predicted octanol–water partition coefficient (Wildman–Crippen LogP) is 6.77. The van der Waals surface area contributed by atoms with Gasteiger partial charge in [0.15, 0.2) is 11.6 Å². The lowest BCUT2D eigenvalue weighted by Crippen LogP contribution is -2.23. The molecule has 0 aliphatic carbocycles. The van der Waals surface area contributed by atoms with Crippen LogP contribution >= 0.6 is 0 Å². The van der Waals surface area contributed by atoms with Crippen molar-refractivity contribution >= 4 is 5.97 Å². The molecule has 0 fully saturated rings. The number of ether oxygens (including phenoxy) is 3. The van der Waals surface area contributed by atoms with Crippen molar-refractivity contribution in [3.63, 3.8) is 0 Å². The van der Waals surface area contributed by atoms with E-state index in [-0.39, 0.29) is 11.5 Å². The maximum atomic E-state index is 14.2. The van der Waals surface area contributed by atoms with Crippen LogP contribution in [0.25, 0.3) is 0 Å². The van der Waals surface area contributed by atoms with Crippen LogP contribution in [0.5, 0.6) is 17.2 Å². The topological polar surface area (TPSA) is 68.6 Å². The summed E-state index contributed by atoms with van der Waals surface area (Å²) in [5, 5.41) is 9.65. The molecule has 0 aromatic heterocycles. The van der Waals surface area contributed by atoms with Crippen LogP contribution in [-0.4, -0.2) is 12.6 Å². The van der Waals surface area contributed by atoms with E-state index in [0.717, 1.165) is 12.1 Å². The Morgan fingerprint density at radius 1 is 0.912 bits per heavy atom. The van der Waals surface area contributed by atoms with Crippen molar-refractivity contribution in [2.75, 3.05) is 0 Å². The highest BCUT2D eigenvalue weighted by atomic mass is 19.3. The fourth-order valence-electron chi connectivity index (χ4n) is 3.42. The lowest BCUT2D eigenvalue weighted by molar-refractivity contribution is -0.150. The van der Waals surface area contributed by atoms with Crippen molar-refractivity contribution < 1.29 is 32.2 Å². The highest BCUT2D eigenvalue weighted by Gasteiger charge is 2.30. The van der Waals surface area contributed by atoms with Crippen molar-refractivity contribution in [2.45, 2.75) is 32.5 Å². The second kappa shape index (κ2) is 11.2. The number of esters is 1. The molecule has 0 bridgehead atoms. The van der Waals surface area contributed by atoms with E-state index >= 15 is 0 Å². The smallest absolute Gasteiger partial charge is 0.387 e. The summed E-state index contributed by atoms with van der Waals surface area (Å²) >= 11 is 0. The Bertz CT molecular complexity index is 1160. The lowest BCUT2D eigenvalue weighted by atomic mass is 9.88. The monoisotopic (exact) mass is 469 g/mol. The van der Waals surface area contributed by atoms with E-state index in [2.05, 4.69) is 4.74 Å². The third-order valence-electron chi connectivity index (χ3n) is 4.94. The van der Waals surface area contributed by atoms with Crippen LogP contribution in [0.3, 0.4) is 0 Å². The number of alkyl halides is 2. The number of nitriles is 1. The highest BCUT2D eigenvalue weighted by molar-refractivity contribution is 5.79. The minimum atomic E-state index is -3.18. The molecule has 0 aliphatic rings. The average molecular weight is 469 g/mol. The van der Waals surface area contributed by atoms with Crippen molar-refractivity contribution in [3.8, 4) is 23.3 Å². The van der Waals surface area contributed by atoms with Crippen molar-refractivity contribution in [2.24, 2.45) is 5.92 Å². The second-order valence-corrected chi connectivity index (χ2v) is 7.72. The summed E-state index contributed by atoms with van der Waals surface area (Å²) in [6, 6.07) is 20.9. The van der Waals surface area contributed by atoms with Gasteiger partial charge in [0, 0.05) is 5.56 Å². The molecule has 3 rings (SSSR count). The summed E-state index contributed by atoms with van der Waals surface area (Å²) in [6.45, 7) is 0.274. The van der Waals surface area contributed by atoms with Gasteiger partial charge in [0.1, 0.15) is 17.6 Å². The number of hydrogen-bond acceptors (Lipinski definition) is 5. The Morgan fingerprint density at radius 2 is 1.62 bits per heavy atom. The summed E-state index contributed by atoms with van der Waals surface area (Å²) < 4.78 is 54.4. The molecule has 8 heteroatoms. The molecule has 0 spiro atoms. The zero-order chi connectivity index (χ0) is 24.7. The van der Waals surface area contributed by atoms with Gasteiger partial charge in [-0.2, -0.15) is 14.0 Å². The summed E-state index contributed by atoms with van der Waals surface area (Å²) in [5.41, 5.74) is 0.621. The number of halogens is 3. The summed E-state index contributed by atoms with van der Waals surface area (Å²) in [6.07, 6.45) is -1.24. The average Bonchev–Trinajstić information content (AvgIpc) is 2.79. The van der Waals surface area contributed by atoms with Crippen LogP contribution in [0.2, 0.25) is 0 Å². The first-order valence-corrected chi connectivity index (χ1v) is 10.5. The maximum Gasteiger partial charge on any atom is 0.387 e. The first kappa shape index (κ1) is 24.6. The summed E-state index contributed by atoms with van der Waals surface area (Å²) in [4.78, 5) is 13.0. The fourth-order valence-corrected chi connectivity index (χ4v) is 3.42. The normalized spacial score (nSPS) is 12.6. The molecule has 0 N–H and O–H groups in total. The van der Waals surface area contributed by atoms with Crippen LogP contribution in [-0.2, 0) is 9.53 Å². The molecule has 0 radical (unpaired) electrons. The van der Waals surface area contributed by atoms with Crippen LogP contribution in [0.4, 0.5) is 13.2 Å². The molecule has 0 saturated heterocycles. The Balaban J connectivity index is 1.79. The van der Waals surface area contributed by atoms with Gasteiger partial charge in [0.2, 0.25) is 6.10 Å². The quantitative estimate of drug-likeness (QED) is 0.324.